The third kappa shape index (κ3) is 2.53. The highest BCUT2D eigenvalue weighted by Crippen LogP contribution is 2.23. The van der Waals surface area contributed by atoms with Crippen LogP contribution in [0.3, 0.4) is 0 Å². The minimum absolute atomic E-state index is 0.238. The summed E-state index contributed by atoms with van der Waals surface area (Å²) in [5.41, 5.74) is 2.18. The Hall–Kier alpha value is -0.370. The Labute approximate surface area is 87.3 Å². The van der Waals surface area contributed by atoms with Crippen molar-refractivity contribution in [1.29, 1.82) is 0 Å². The average Bonchev–Trinajstić information content (AvgIpc) is 2.17. The summed E-state index contributed by atoms with van der Waals surface area (Å²) in [7, 11) is 0. The molecule has 0 amide bonds. The molecule has 1 atom stereocenters. The molecule has 0 aliphatic carbocycles. The third-order valence-electron chi connectivity index (χ3n) is 2.11. The normalized spacial score (nSPS) is 12.9. The standard InChI is InChI=1S/C11H13BrF/c1-3-9-6-10(8(2)7-13)4-5-11(9)12/h4-6,8H,2-3,7H2,1H3. The molecule has 1 unspecified atom stereocenters. The molecule has 0 nitrogen and oxygen atoms in total. The summed E-state index contributed by atoms with van der Waals surface area (Å²) in [6, 6.07) is 5.89. The summed E-state index contributed by atoms with van der Waals surface area (Å²) < 4.78 is 13.4. The van der Waals surface area contributed by atoms with Crippen LogP contribution in [0, 0.1) is 6.92 Å². The van der Waals surface area contributed by atoms with Crippen molar-refractivity contribution in [3.05, 3.63) is 40.7 Å². The zero-order chi connectivity index (χ0) is 9.84. The van der Waals surface area contributed by atoms with E-state index in [2.05, 4.69) is 29.8 Å². The molecule has 0 N–H and O–H groups in total. The van der Waals surface area contributed by atoms with Crippen molar-refractivity contribution >= 4 is 15.9 Å². The van der Waals surface area contributed by atoms with Crippen LogP contribution in [0.25, 0.3) is 0 Å². The number of rotatable bonds is 3. The van der Waals surface area contributed by atoms with E-state index in [0.717, 1.165) is 16.5 Å². The van der Waals surface area contributed by atoms with Crippen LogP contribution >= 0.6 is 15.9 Å². The molecular formula is C11H13BrF. The van der Waals surface area contributed by atoms with Crippen molar-refractivity contribution in [3.63, 3.8) is 0 Å². The SMILES string of the molecule is [CH2]C(CF)c1ccc(Br)c(CC)c1. The maximum atomic E-state index is 12.3. The van der Waals surface area contributed by atoms with Crippen molar-refractivity contribution in [1.82, 2.24) is 0 Å². The molecule has 0 saturated heterocycles. The molecule has 1 aromatic carbocycles. The largest absolute Gasteiger partial charge is 0.250 e. The van der Waals surface area contributed by atoms with Gasteiger partial charge in [-0.05, 0) is 30.5 Å². The quantitative estimate of drug-likeness (QED) is 0.756. The van der Waals surface area contributed by atoms with Crippen LogP contribution in [-0.2, 0) is 6.42 Å². The van der Waals surface area contributed by atoms with E-state index in [-0.39, 0.29) is 5.92 Å². The highest BCUT2D eigenvalue weighted by molar-refractivity contribution is 9.10. The fourth-order valence-corrected chi connectivity index (χ4v) is 1.74. The molecule has 1 radical (unpaired) electrons. The van der Waals surface area contributed by atoms with E-state index in [1.165, 1.54) is 5.56 Å². The molecule has 71 valence electrons. The number of hydrogen-bond acceptors (Lipinski definition) is 0. The van der Waals surface area contributed by atoms with Gasteiger partial charge in [-0.2, -0.15) is 0 Å². The van der Waals surface area contributed by atoms with Gasteiger partial charge in [0, 0.05) is 10.4 Å². The first-order valence-electron chi connectivity index (χ1n) is 4.36. The topological polar surface area (TPSA) is 0 Å². The van der Waals surface area contributed by atoms with Crippen molar-refractivity contribution in [2.24, 2.45) is 0 Å². The lowest BCUT2D eigenvalue weighted by atomic mass is 9.99. The van der Waals surface area contributed by atoms with Gasteiger partial charge in [-0.3, -0.25) is 4.39 Å². The Kier molecular flexibility index (Phi) is 3.91. The highest BCUT2D eigenvalue weighted by atomic mass is 79.9. The Morgan fingerprint density at radius 3 is 2.77 bits per heavy atom. The summed E-state index contributed by atoms with van der Waals surface area (Å²) >= 11 is 3.45. The summed E-state index contributed by atoms with van der Waals surface area (Å²) in [4.78, 5) is 0. The molecule has 0 aromatic heterocycles. The molecule has 0 saturated carbocycles. The van der Waals surface area contributed by atoms with Gasteiger partial charge in [0.25, 0.3) is 0 Å². The van der Waals surface area contributed by atoms with Crippen LogP contribution in [0.15, 0.2) is 22.7 Å². The van der Waals surface area contributed by atoms with Crippen LogP contribution in [0.5, 0.6) is 0 Å². The van der Waals surface area contributed by atoms with Gasteiger partial charge in [0.05, 0.1) is 6.67 Å². The molecule has 1 aromatic rings. The van der Waals surface area contributed by atoms with Gasteiger partial charge in [0.2, 0.25) is 0 Å². The van der Waals surface area contributed by atoms with E-state index in [1.807, 2.05) is 18.2 Å². The van der Waals surface area contributed by atoms with Crippen molar-refractivity contribution in [3.8, 4) is 0 Å². The van der Waals surface area contributed by atoms with Gasteiger partial charge >= 0.3 is 0 Å². The van der Waals surface area contributed by atoms with Gasteiger partial charge in [0.15, 0.2) is 0 Å². The Morgan fingerprint density at radius 1 is 1.54 bits per heavy atom. The van der Waals surface area contributed by atoms with Crippen LogP contribution in [0.4, 0.5) is 4.39 Å². The summed E-state index contributed by atoms with van der Waals surface area (Å²) in [5, 5.41) is 0. The number of hydrogen-bond donors (Lipinski definition) is 0. The zero-order valence-corrected chi connectivity index (χ0v) is 9.27. The monoisotopic (exact) mass is 243 g/mol. The zero-order valence-electron chi connectivity index (χ0n) is 7.69. The number of halogens is 2. The molecule has 0 aliphatic rings. The molecule has 0 bridgehead atoms. The molecule has 1 rings (SSSR count). The fourth-order valence-electron chi connectivity index (χ4n) is 1.21. The van der Waals surface area contributed by atoms with Gasteiger partial charge in [0.1, 0.15) is 0 Å². The van der Waals surface area contributed by atoms with Gasteiger partial charge < -0.3 is 0 Å². The second kappa shape index (κ2) is 4.75. The third-order valence-corrected chi connectivity index (χ3v) is 2.88. The Bertz CT molecular complexity index is 283. The number of alkyl halides is 1. The average molecular weight is 244 g/mol. The summed E-state index contributed by atoms with van der Waals surface area (Å²) in [5.74, 6) is -0.238. The Balaban J connectivity index is 2.99. The molecular weight excluding hydrogens is 231 g/mol. The van der Waals surface area contributed by atoms with Crippen LogP contribution in [0.2, 0.25) is 0 Å². The van der Waals surface area contributed by atoms with E-state index in [0.29, 0.717) is 0 Å². The summed E-state index contributed by atoms with van der Waals surface area (Å²) in [6.07, 6.45) is 0.952. The maximum Gasteiger partial charge on any atom is 0.0962 e. The van der Waals surface area contributed by atoms with Gasteiger partial charge in [-0.1, -0.05) is 35.0 Å². The smallest absolute Gasteiger partial charge is 0.0962 e. The molecule has 2 heteroatoms. The second-order valence-corrected chi connectivity index (χ2v) is 3.91. The minimum Gasteiger partial charge on any atom is -0.250 e. The predicted molar refractivity (Wildman–Crippen MR) is 57.6 cm³/mol. The lowest BCUT2D eigenvalue weighted by Crippen LogP contribution is -1.97. The van der Waals surface area contributed by atoms with E-state index in [1.54, 1.807) is 0 Å². The Morgan fingerprint density at radius 2 is 2.23 bits per heavy atom. The van der Waals surface area contributed by atoms with Gasteiger partial charge in [-0.15, -0.1) is 0 Å². The molecule has 0 heterocycles. The van der Waals surface area contributed by atoms with Crippen molar-refractivity contribution < 1.29 is 4.39 Å². The minimum atomic E-state index is -0.398. The van der Waals surface area contributed by atoms with E-state index >= 15 is 0 Å². The van der Waals surface area contributed by atoms with Crippen LogP contribution in [0.1, 0.15) is 24.0 Å². The second-order valence-electron chi connectivity index (χ2n) is 3.06. The first kappa shape index (κ1) is 10.7. The fraction of sp³-hybridized carbons (Fsp3) is 0.364. The van der Waals surface area contributed by atoms with Crippen LogP contribution in [-0.4, -0.2) is 6.67 Å². The molecule has 0 aliphatic heterocycles. The van der Waals surface area contributed by atoms with E-state index in [4.69, 9.17) is 0 Å². The van der Waals surface area contributed by atoms with E-state index < -0.39 is 6.67 Å². The number of aryl methyl sites for hydroxylation is 1. The number of benzene rings is 1. The maximum absolute atomic E-state index is 12.3. The van der Waals surface area contributed by atoms with E-state index in [9.17, 15) is 4.39 Å². The molecule has 0 fully saturated rings. The first-order valence-corrected chi connectivity index (χ1v) is 5.15. The first-order chi connectivity index (χ1) is 6.19. The van der Waals surface area contributed by atoms with Gasteiger partial charge in [-0.25, -0.2) is 0 Å². The van der Waals surface area contributed by atoms with Crippen LogP contribution < -0.4 is 0 Å². The predicted octanol–water partition coefficient (Wildman–Crippen LogP) is 3.90. The van der Waals surface area contributed by atoms with Crippen molar-refractivity contribution in [2.45, 2.75) is 19.3 Å². The lowest BCUT2D eigenvalue weighted by molar-refractivity contribution is 0.465. The molecule has 13 heavy (non-hydrogen) atoms. The lowest BCUT2D eigenvalue weighted by Gasteiger charge is -2.09. The molecule has 0 spiro atoms. The van der Waals surface area contributed by atoms with Crippen molar-refractivity contribution in [2.75, 3.05) is 6.67 Å². The highest BCUT2D eigenvalue weighted by Gasteiger charge is 2.06. The summed E-state index contributed by atoms with van der Waals surface area (Å²) in [6.45, 7) is 5.42.